The van der Waals surface area contributed by atoms with Gasteiger partial charge in [0, 0.05) is 10.6 Å². The molecule has 0 amide bonds. The molecule has 0 saturated carbocycles. The van der Waals surface area contributed by atoms with Gasteiger partial charge in [-0.2, -0.15) is 0 Å². The molecule has 0 bridgehead atoms. The van der Waals surface area contributed by atoms with Crippen LogP contribution in [0.4, 0.5) is 5.69 Å². The van der Waals surface area contributed by atoms with E-state index in [4.69, 9.17) is 10.8 Å². The molecule has 72 valence electrons. The van der Waals surface area contributed by atoms with E-state index in [1.165, 1.54) is 0 Å². The van der Waals surface area contributed by atoms with Gasteiger partial charge in [-0.3, -0.25) is 4.21 Å². The molecule has 0 aromatic heterocycles. The van der Waals surface area contributed by atoms with Crippen molar-refractivity contribution in [2.75, 3.05) is 18.1 Å². The van der Waals surface area contributed by atoms with Crippen molar-refractivity contribution in [3.63, 3.8) is 0 Å². The van der Waals surface area contributed by atoms with Crippen LogP contribution in [-0.4, -0.2) is 21.7 Å². The Hall–Kier alpha value is -0.870. The smallest absolute Gasteiger partial charge is 0.0552 e. The van der Waals surface area contributed by atoms with E-state index in [1.807, 2.05) is 6.92 Å². The summed E-state index contributed by atoms with van der Waals surface area (Å²) in [7, 11) is -1.11. The summed E-state index contributed by atoms with van der Waals surface area (Å²) >= 11 is 0. The molecular formula is C9H13NO2S. The first kappa shape index (κ1) is 10.2. The largest absolute Gasteiger partial charge is 0.399 e. The van der Waals surface area contributed by atoms with E-state index >= 15 is 0 Å². The number of aryl methyl sites for hydroxylation is 1. The van der Waals surface area contributed by atoms with Crippen LogP contribution in [-0.2, 0) is 10.8 Å². The number of aliphatic hydroxyl groups excluding tert-OH is 1. The molecule has 1 atom stereocenters. The minimum atomic E-state index is -1.11. The van der Waals surface area contributed by atoms with Crippen LogP contribution < -0.4 is 5.73 Å². The van der Waals surface area contributed by atoms with Crippen molar-refractivity contribution >= 4 is 16.5 Å². The van der Waals surface area contributed by atoms with Crippen LogP contribution >= 0.6 is 0 Å². The number of nitrogen functional groups attached to an aromatic ring is 1. The quantitative estimate of drug-likeness (QED) is 0.703. The van der Waals surface area contributed by atoms with Gasteiger partial charge >= 0.3 is 0 Å². The first-order valence-corrected chi connectivity index (χ1v) is 5.32. The van der Waals surface area contributed by atoms with Gasteiger partial charge < -0.3 is 10.8 Å². The summed E-state index contributed by atoms with van der Waals surface area (Å²) in [5, 5.41) is 8.60. The maximum absolute atomic E-state index is 11.4. The molecule has 0 radical (unpaired) electrons. The Morgan fingerprint density at radius 2 is 2.23 bits per heavy atom. The lowest BCUT2D eigenvalue weighted by Crippen LogP contribution is -2.02. The van der Waals surface area contributed by atoms with Crippen molar-refractivity contribution in [3.8, 4) is 0 Å². The number of nitrogens with two attached hydrogens (primary N) is 1. The van der Waals surface area contributed by atoms with Crippen molar-refractivity contribution in [1.29, 1.82) is 0 Å². The summed E-state index contributed by atoms with van der Waals surface area (Å²) in [6, 6.07) is 5.26. The van der Waals surface area contributed by atoms with Crippen molar-refractivity contribution in [3.05, 3.63) is 23.8 Å². The number of anilines is 1. The summed E-state index contributed by atoms with van der Waals surface area (Å²) < 4.78 is 11.4. The fourth-order valence-electron chi connectivity index (χ4n) is 0.991. The number of rotatable bonds is 3. The zero-order valence-corrected chi connectivity index (χ0v) is 8.30. The Morgan fingerprint density at radius 1 is 1.54 bits per heavy atom. The van der Waals surface area contributed by atoms with Crippen LogP contribution in [0.25, 0.3) is 0 Å². The van der Waals surface area contributed by atoms with E-state index < -0.39 is 10.8 Å². The molecule has 3 nitrogen and oxygen atoms in total. The van der Waals surface area contributed by atoms with Gasteiger partial charge in [-0.05, 0) is 30.7 Å². The zero-order valence-electron chi connectivity index (χ0n) is 7.49. The molecule has 13 heavy (non-hydrogen) atoms. The van der Waals surface area contributed by atoms with E-state index in [1.54, 1.807) is 18.2 Å². The van der Waals surface area contributed by atoms with E-state index in [9.17, 15) is 4.21 Å². The van der Waals surface area contributed by atoms with Gasteiger partial charge in [0.05, 0.1) is 23.2 Å². The first-order valence-electron chi connectivity index (χ1n) is 4.00. The average Bonchev–Trinajstić information content (AvgIpc) is 2.10. The normalized spacial score (nSPS) is 12.8. The van der Waals surface area contributed by atoms with Crippen LogP contribution in [0.15, 0.2) is 23.1 Å². The SMILES string of the molecule is Cc1cc(S(=O)CCO)ccc1N. The second kappa shape index (κ2) is 4.39. The van der Waals surface area contributed by atoms with Gasteiger partial charge in [0.25, 0.3) is 0 Å². The summed E-state index contributed by atoms with van der Waals surface area (Å²) in [6.07, 6.45) is 0. The molecule has 1 aromatic carbocycles. The Kier molecular flexibility index (Phi) is 3.45. The molecular weight excluding hydrogens is 186 g/mol. The third kappa shape index (κ3) is 2.54. The molecule has 1 unspecified atom stereocenters. The predicted molar refractivity (Wildman–Crippen MR) is 54.0 cm³/mol. The Balaban J connectivity index is 2.90. The highest BCUT2D eigenvalue weighted by Gasteiger charge is 2.03. The summed E-state index contributed by atoms with van der Waals surface area (Å²) in [5.74, 6) is 0.281. The second-order valence-electron chi connectivity index (χ2n) is 2.79. The number of hydrogen-bond donors (Lipinski definition) is 2. The van der Waals surface area contributed by atoms with Crippen LogP contribution in [0.1, 0.15) is 5.56 Å². The van der Waals surface area contributed by atoms with Gasteiger partial charge in [0.2, 0.25) is 0 Å². The van der Waals surface area contributed by atoms with Crippen molar-refractivity contribution in [1.82, 2.24) is 0 Å². The highest BCUT2D eigenvalue weighted by Crippen LogP contribution is 2.15. The molecule has 0 spiro atoms. The minimum Gasteiger partial charge on any atom is -0.399 e. The molecule has 1 rings (SSSR count). The second-order valence-corrected chi connectivity index (χ2v) is 4.36. The Bertz CT molecular complexity index is 325. The van der Waals surface area contributed by atoms with Crippen LogP contribution in [0.5, 0.6) is 0 Å². The lowest BCUT2D eigenvalue weighted by atomic mass is 10.2. The summed E-state index contributed by atoms with van der Waals surface area (Å²) in [4.78, 5) is 0.723. The highest BCUT2D eigenvalue weighted by molar-refractivity contribution is 7.85. The lowest BCUT2D eigenvalue weighted by molar-refractivity contribution is 0.321. The van der Waals surface area contributed by atoms with E-state index in [0.717, 1.165) is 10.5 Å². The number of hydrogen-bond acceptors (Lipinski definition) is 3. The van der Waals surface area contributed by atoms with Crippen LogP contribution in [0.2, 0.25) is 0 Å². The topological polar surface area (TPSA) is 63.3 Å². The van der Waals surface area contributed by atoms with Crippen molar-refractivity contribution < 1.29 is 9.32 Å². The molecule has 4 heteroatoms. The zero-order chi connectivity index (χ0) is 9.84. The van der Waals surface area contributed by atoms with Crippen molar-refractivity contribution in [2.24, 2.45) is 0 Å². The molecule has 0 saturated heterocycles. The van der Waals surface area contributed by atoms with E-state index in [0.29, 0.717) is 5.69 Å². The Morgan fingerprint density at radius 3 is 2.77 bits per heavy atom. The maximum Gasteiger partial charge on any atom is 0.0552 e. The number of benzene rings is 1. The van der Waals surface area contributed by atoms with Gasteiger partial charge in [-0.15, -0.1) is 0 Å². The molecule has 0 fully saturated rings. The fraction of sp³-hybridized carbons (Fsp3) is 0.333. The molecule has 0 aliphatic heterocycles. The fourth-order valence-corrected chi connectivity index (χ4v) is 1.92. The molecule has 0 heterocycles. The van der Waals surface area contributed by atoms with E-state index in [-0.39, 0.29) is 12.4 Å². The van der Waals surface area contributed by atoms with Crippen LogP contribution in [0.3, 0.4) is 0 Å². The lowest BCUT2D eigenvalue weighted by Gasteiger charge is -2.03. The van der Waals surface area contributed by atoms with Gasteiger partial charge in [-0.1, -0.05) is 0 Å². The monoisotopic (exact) mass is 199 g/mol. The summed E-state index contributed by atoms with van der Waals surface area (Å²) in [6.45, 7) is 1.81. The average molecular weight is 199 g/mol. The molecule has 1 aromatic rings. The summed E-state index contributed by atoms with van der Waals surface area (Å²) in [5.41, 5.74) is 7.23. The van der Waals surface area contributed by atoms with Crippen molar-refractivity contribution in [2.45, 2.75) is 11.8 Å². The third-order valence-electron chi connectivity index (χ3n) is 1.78. The Labute approximate surface area is 80.0 Å². The first-order chi connectivity index (χ1) is 6.15. The highest BCUT2D eigenvalue weighted by atomic mass is 32.2. The van der Waals surface area contributed by atoms with Crippen LogP contribution in [0, 0.1) is 6.92 Å². The maximum atomic E-state index is 11.4. The van der Waals surface area contributed by atoms with Gasteiger partial charge in [-0.25, -0.2) is 0 Å². The standard InChI is InChI=1S/C9H13NO2S/c1-7-6-8(2-3-9(7)10)13(12)5-4-11/h2-3,6,11H,4-5,10H2,1H3. The third-order valence-corrected chi connectivity index (χ3v) is 3.11. The van der Waals surface area contributed by atoms with Gasteiger partial charge in [0.15, 0.2) is 0 Å². The predicted octanol–water partition coefficient (Wildman–Crippen LogP) is 0.677. The molecule has 0 aliphatic carbocycles. The minimum absolute atomic E-state index is 0.0595. The number of aliphatic hydroxyl groups is 1. The van der Waals surface area contributed by atoms with Gasteiger partial charge in [0.1, 0.15) is 0 Å². The molecule has 3 N–H and O–H groups in total. The van der Waals surface area contributed by atoms with E-state index in [2.05, 4.69) is 0 Å². The molecule has 0 aliphatic rings.